The fourth-order valence-corrected chi connectivity index (χ4v) is 3.01. The maximum atomic E-state index is 13.9. The van der Waals surface area contributed by atoms with E-state index in [1.807, 2.05) is 0 Å². The highest BCUT2D eigenvalue weighted by atomic mass is 35.5. The second-order valence-corrected chi connectivity index (χ2v) is 6.25. The lowest BCUT2D eigenvalue weighted by atomic mass is 9.85. The summed E-state index contributed by atoms with van der Waals surface area (Å²) in [6, 6.07) is 7.60. The van der Waals surface area contributed by atoms with Gasteiger partial charge in [-0.1, -0.05) is 24.1 Å². The number of anilines is 1. The summed E-state index contributed by atoms with van der Waals surface area (Å²) < 4.78 is 15.5. The largest absolute Gasteiger partial charge is 0.319 e. The molecule has 2 aromatic heterocycles. The zero-order valence-electron chi connectivity index (χ0n) is 12.7. The topological polar surface area (TPSA) is 59.3 Å². The molecule has 0 unspecified atom stereocenters. The molecule has 7 heteroatoms. The number of rotatable bonds is 3. The first-order valence-electron chi connectivity index (χ1n) is 7.74. The molecule has 0 bridgehead atoms. The molecule has 0 atom stereocenters. The molecule has 1 N–H and O–H groups in total. The lowest BCUT2D eigenvalue weighted by Crippen LogP contribution is -2.15. The smallest absolute Gasteiger partial charge is 0.260 e. The van der Waals surface area contributed by atoms with Gasteiger partial charge >= 0.3 is 0 Å². The number of benzene rings is 1. The summed E-state index contributed by atoms with van der Waals surface area (Å²) in [6.45, 7) is 0. The molecule has 1 aliphatic carbocycles. The Morgan fingerprint density at radius 2 is 2.12 bits per heavy atom. The first kappa shape index (κ1) is 15.1. The first-order valence-corrected chi connectivity index (χ1v) is 8.12. The highest BCUT2D eigenvalue weighted by Crippen LogP contribution is 2.35. The summed E-state index contributed by atoms with van der Waals surface area (Å²) in [7, 11) is 0. The Labute approximate surface area is 142 Å². The molecule has 4 rings (SSSR count). The van der Waals surface area contributed by atoms with Crippen molar-refractivity contribution >= 4 is 28.8 Å². The van der Waals surface area contributed by atoms with E-state index < -0.39 is 11.7 Å². The van der Waals surface area contributed by atoms with Gasteiger partial charge in [0.1, 0.15) is 5.82 Å². The summed E-state index contributed by atoms with van der Waals surface area (Å²) in [4.78, 5) is 17.0. The van der Waals surface area contributed by atoms with Crippen LogP contribution in [-0.4, -0.2) is 20.5 Å². The number of pyridine rings is 1. The molecule has 0 aliphatic heterocycles. The molecule has 2 heterocycles. The van der Waals surface area contributed by atoms with E-state index in [-0.39, 0.29) is 10.6 Å². The predicted molar refractivity (Wildman–Crippen MR) is 88.9 cm³/mol. The van der Waals surface area contributed by atoms with E-state index in [1.54, 1.807) is 22.8 Å². The normalized spacial score (nSPS) is 14.6. The third-order valence-electron chi connectivity index (χ3n) is 4.29. The third-order valence-corrected chi connectivity index (χ3v) is 4.60. The molecule has 1 aliphatic rings. The van der Waals surface area contributed by atoms with Gasteiger partial charge in [0, 0.05) is 12.1 Å². The van der Waals surface area contributed by atoms with Crippen LogP contribution >= 0.6 is 11.6 Å². The number of nitrogens with zero attached hydrogens (tertiary/aromatic N) is 3. The van der Waals surface area contributed by atoms with Crippen LogP contribution in [0.3, 0.4) is 0 Å². The van der Waals surface area contributed by atoms with Crippen molar-refractivity contribution in [1.29, 1.82) is 0 Å². The fraction of sp³-hybridized carbons (Fsp3) is 0.235. The van der Waals surface area contributed by atoms with Crippen molar-refractivity contribution in [3.8, 4) is 0 Å². The standard InChI is InChI=1S/C17H14ClFN4O/c18-11-6-2-7-12(19)14(11)17(24)20-13-8-3-9-23-16(13)21-15(22-23)10-4-1-5-10/h2-3,6-10H,1,4-5H2,(H,20,24). The summed E-state index contributed by atoms with van der Waals surface area (Å²) >= 11 is 5.95. The minimum atomic E-state index is -0.663. The number of nitrogens with one attached hydrogen (secondary N) is 1. The summed E-state index contributed by atoms with van der Waals surface area (Å²) in [6.07, 6.45) is 5.14. The number of hydrogen-bond donors (Lipinski definition) is 1. The molecular weight excluding hydrogens is 331 g/mol. The lowest BCUT2D eigenvalue weighted by Gasteiger charge is -2.21. The van der Waals surface area contributed by atoms with Crippen LogP contribution in [0.25, 0.3) is 5.65 Å². The van der Waals surface area contributed by atoms with Gasteiger partial charge in [0.2, 0.25) is 0 Å². The second kappa shape index (κ2) is 5.87. The molecular formula is C17H14ClFN4O. The van der Waals surface area contributed by atoms with Crippen LogP contribution in [0.5, 0.6) is 0 Å². The van der Waals surface area contributed by atoms with E-state index in [9.17, 15) is 9.18 Å². The van der Waals surface area contributed by atoms with Crippen molar-refractivity contribution in [2.45, 2.75) is 25.2 Å². The second-order valence-electron chi connectivity index (χ2n) is 5.84. The predicted octanol–water partition coefficient (Wildman–Crippen LogP) is 4.04. The van der Waals surface area contributed by atoms with Crippen LogP contribution in [0, 0.1) is 5.82 Å². The summed E-state index contributed by atoms with van der Waals surface area (Å²) in [5.41, 5.74) is 0.833. The van der Waals surface area contributed by atoms with Crippen molar-refractivity contribution in [2.75, 3.05) is 5.32 Å². The van der Waals surface area contributed by atoms with E-state index in [0.29, 0.717) is 17.3 Å². The molecule has 1 fully saturated rings. The Bertz CT molecular complexity index is 915. The number of amides is 1. The van der Waals surface area contributed by atoms with Crippen molar-refractivity contribution in [1.82, 2.24) is 14.6 Å². The van der Waals surface area contributed by atoms with Gasteiger partial charge in [-0.2, -0.15) is 5.10 Å². The molecule has 0 radical (unpaired) electrons. The van der Waals surface area contributed by atoms with E-state index in [4.69, 9.17) is 11.6 Å². The number of hydrogen-bond acceptors (Lipinski definition) is 3. The molecule has 1 saturated carbocycles. The fourth-order valence-electron chi connectivity index (χ4n) is 2.76. The van der Waals surface area contributed by atoms with Crippen molar-refractivity contribution < 1.29 is 9.18 Å². The van der Waals surface area contributed by atoms with Gasteiger partial charge in [-0.3, -0.25) is 4.79 Å². The zero-order valence-corrected chi connectivity index (χ0v) is 13.4. The molecule has 0 saturated heterocycles. The Kier molecular flexibility index (Phi) is 3.69. The van der Waals surface area contributed by atoms with E-state index >= 15 is 0 Å². The molecule has 1 aromatic carbocycles. The summed E-state index contributed by atoms with van der Waals surface area (Å²) in [5, 5.41) is 7.21. The quantitative estimate of drug-likeness (QED) is 0.780. The number of carbonyl (C=O) groups is 1. The van der Waals surface area contributed by atoms with Crippen molar-refractivity contribution in [3.63, 3.8) is 0 Å². The minimum absolute atomic E-state index is 0.0658. The number of fused-ring (bicyclic) bond motifs is 1. The van der Waals surface area contributed by atoms with E-state index in [2.05, 4.69) is 15.4 Å². The zero-order chi connectivity index (χ0) is 16.7. The molecule has 0 spiro atoms. The number of halogens is 2. The number of carbonyl (C=O) groups excluding carboxylic acids is 1. The Morgan fingerprint density at radius 3 is 2.83 bits per heavy atom. The molecule has 122 valence electrons. The van der Waals surface area contributed by atoms with Crippen molar-refractivity contribution in [3.05, 3.63) is 58.8 Å². The first-order chi connectivity index (χ1) is 11.6. The number of aromatic nitrogens is 3. The maximum absolute atomic E-state index is 13.9. The van der Waals surface area contributed by atoms with Gasteiger partial charge in [0.25, 0.3) is 5.91 Å². The average molecular weight is 345 g/mol. The van der Waals surface area contributed by atoms with Gasteiger partial charge in [-0.25, -0.2) is 13.9 Å². The van der Waals surface area contributed by atoms with Gasteiger partial charge in [-0.05, 0) is 37.1 Å². The summed E-state index contributed by atoms with van der Waals surface area (Å²) in [5.74, 6) is -0.107. The van der Waals surface area contributed by atoms with Crippen LogP contribution in [0.2, 0.25) is 5.02 Å². The molecule has 5 nitrogen and oxygen atoms in total. The molecule has 3 aromatic rings. The Balaban J connectivity index is 1.69. The maximum Gasteiger partial charge on any atom is 0.260 e. The SMILES string of the molecule is O=C(Nc1cccn2nc(C3CCC3)nc12)c1c(F)cccc1Cl. The van der Waals surface area contributed by atoms with Crippen LogP contribution in [-0.2, 0) is 0 Å². The van der Waals surface area contributed by atoms with E-state index in [0.717, 1.165) is 18.7 Å². The van der Waals surface area contributed by atoms with Crippen molar-refractivity contribution in [2.24, 2.45) is 0 Å². The van der Waals surface area contributed by atoms with Gasteiger partial charge < -0.3 is 5.32 Å². The highest BCUT2D eigenvalue weighted by Gasteiger charge is 2.25. The minimum Gasteiger partial charge on any atom is -0.319 e. The highest BCUT2D eigenvalue weighted by molar-refractivity contribution is 6.34. The average Bonchev–Trinajstić information content (AvgIpc) is 2.89. The Hall–Kier alpha value is -2.47. The van der Waals surface area contributed by atoms with E-state index in [1.165, 1.54) is 24.6 Å². The third kappa shape index (κ3) is 2.53. The van der Waals surface area contributed by atoms with Gasteiger partial charge in [0.05, 0.1) is 16.3 Å². The van der Waals surface area contributed by atoms with Gasteiger partial charge in [-0.15, -0.1) is 0 Å². The van der Waals surface area contributed by atoms with Crippen LogP contribution in [0.4, 0.5) is 10.1 Å². The molecule has 24 heavy (non-hydrogen) atoms. The Morgan fingerprint density at radius 1 is 1.29 bits per heavy atom. The van der Waals surface area contributed by atoms with Crippen LogP contribution < -0.4 is 5.32 Å². The monoisotopic (exact) mass is 344 g/mol. The lowest BCUT2D eigenvalue weighted by molar-refractivity contribution is 0.102. The molecule has 1 amide bonds. The van der Waals surface area contributed by atoms with Gasteiger partial charge in [0.15, 0.2) is 11.5 Å². The van der Waals surface area contributed by atoms with Crippen LogP contribution in [0.15, 0.2) is 36.5 Å². The van der Waals surface area contributed by atoms with Crippen LogP contribution in [0.1, 0.15) is 41.4 Å².